The third-order valence-corrected chi connectivity index (χ3v) is 11.2. The van der Waals surface area contributed by atoms with E-state index in [9.17, 15) is 15.1 Å². The predicted molar refractivity (Wildman–Crippen MR) is 135 cm³/mol. The summed E-state index contributed by atoms with van der Waals surface area (Å²) in [6.45, 7) is 13.3. The molecule has 0 aromatic carbocycles. The Morgan fingerprint density at radius 2 is 1.85 bits per heavy atom. The molecule has 4 saturated carbocycles. The Morgan fingerprint density at radius 1 is 1.12 bits per heavy atom. The molecule has 4 rings (SSSR count). The number of nitrogens with zero attached hydrogens (tertiary/aromatic N) is 1. The summed E-state index contributed by atoms with van der Waals surface area (Å²) in [7, 11) is 0. The second kappa shape index (κ2) is 9.41. The van der Waals surface area contributed by atoms with Crippen molar-refractivity contribution >= 4 is 11.7 Å². The maximum atomic E-state index is 12.2. The van der Waals surface area contributed by atoms with Crippen molar-refractivity contribution in [3.05, 3.63) is 0 Å². The van der Waals surface area contributed by atoms with E-state index >= 15 is 0 Å². The van der Waals surface area contributed by atoms with Gasteiger partial charge in [0.1, 0.15) is 11.7 Å². The van der Waals surface area contributed by atoms with Crippen LogP contribution in [0.4, 0.5) is 0 Å². The molecule has 0 aromatic rings. The van der Waals surface area contributed by atoms with Gasteiger partial charge in [0.2, 0.25) is 0 Å². The van der Waals surface area contributed by atoms with Crippen molar-refractivity contribution in [1.29, 1.82) is 0 Å². The standard InChI is InChI=1S/C29H49NO4/c1-18(2)9-7-10-19(3)21-12-13-22-26-23(14-16-27(21,22)5)28(6)15-8-11-25(30-33)29(28,32)17-24(26)34-20(4)31/h18-19,21-24,26,32-33H,7-17H2,1-6H3/b30-25+/t19-,21-,22+,23+,24+,26+,27-,28-,29-/m1/s1. The van der Waals surface area contributed by atoms with Gasteiger partial charge in [0.15, 0.2) is 0 Å². The first-order valence-electron chi connectivity index (χ1n) is 14.1. The van der Waals surface area contributed by atoms with Crippen LogP contribution in [0.1, 0.15) is 112 Å². The normalized spacial score (nSPS) is 46.0. The lowest BCUT2D eigenvalue weighted by Crippen LogP contribution is -2.68. The van der Waals surface area contributed by atoms with E-state index in [0.717, 1.165) is 37.0 Å². The second-order valence-electron chi connectivity index (χ2n) is 13.4. The van der Waals surface area contributed by atoms with Crippen LogP contribution >= 0.6 is 0 Å². The van der Waals surface area contributed by atoms with Gasteiger partial charge in [0.05, 0.1) is 5.71 Å². The summed E-state index contributed by atoms with van der Waals surface area (Å²) in [4.78, 5) is 12.2. The highest BCUT2D eigenvalue weighted by Gasteiger charge is 2.68. The highest BCUT2D eigenvalue weighted by Crippen LogP contribution is 2.69. The Morgan fingerprint density at radius 3 is 2.50 bits per heavy atom. The van der Waals surface area contributed by atoms with Gasteiger partial charge < -0.3 is 15.1 Å². The van der Waals surface area contributed by atoms with Crippen molar-refractivity contribution in [3.8, 4) is 0 Å². The molecule has 9 atom stereocenters. The summed E-state index contributed by atoms with van der Waals surface area (Å²) in [6.07, 6.45) is 11.2. The number of oxime groups is 1. The number of ether oxygens (including phenoxy) is 1. The molecule has 5 nitrogen and oxygen atoms in total. The van der Waals surface area contributed by atoms with Crippen LogP contribution in [0.5, 0.6) is 0 Å². The third-order valence-electron chi connectivity index (χ3n) is 11.2. The molecule has 0 bridgehead atoms. The van der Waals surface area contributed by atoms with Crippen molar-refractivity contribution in [3.63, 3.8) is 0 Å². The Bertz CT molecular complexity index is 795. The second-order valence-corrected chi connectivity index (χ2v) is 13.4. The van der Waals surface area contributed by atoms with Crippen molar-refractivity contribution < 1.29 is 19.8 Å². The van der Waals surface area contributed by atoms with E-state index in [4.69, 9.17) is 4.74 Å². The molecular weight excluding hydrogens is 426 g/mol. The number of carbonyl (C=O) groups excluding carboxylic acids is 1. The van der Waals surface area contributed by atoms with Crippen molar-refractivity contribution in [2.75, 3.05) is 0 Å². The largest absolute Gasteiger partial charge is 0.462 e. The number of esters is 1. The predicted octanol–water partition coefficient (Wildman–Crippen LogP) is 6.59. The minimum absolute atomic E-state index is 0.266. The average Bonchev–Trinajstić information content (AvgIpc) is 3.10. The maximum absolute atomic E-state index is 12.2. The lowest BCUT2D eigenvalue weighted by Gasteiger charge is -2.64. The van der Waals surface area contributed by atoms with Gasteiger partial charge in [0, 0.05) is 24.7 Å². The number of fused-ring (bicyclic) bond motifs is 5. The van der Waals surface area contributed by atoms with E-state index in [-0.39, 0.29) is 34.7 Å². The van der Waals surface area contributed by atoms with Gasteiger partial charge in [-0.3, -0.25) is 4.79 Å². The Labute approximate surface area is 207 Å². The first kappa shape index (κ1) is 26.0. The lowest BCUT2D eigenvalue weighted by molar-refractivity contribution is -0.216. The van der Waals surface area contributed by atoms with Gasteiger partial charge in [-0.1, -0.05) is 59.0 Å². The zero-order valence-electron chi connectivity index (χ0n) is 22.5. The topological polar surface area (TPSA) is 79.1 Å². The summed E-state index contributed by atoms with van der Waals surface area (Å²) < 4.78 is 6.02. The summed E-state index contributed by atoms with van der Waals surface area (Å²) >= 11 is 0. The van der Waals surface area contributed by atoms with Crippen LogP contribution in [0, 0.1) is 46.3 Å². The van der Waals surface area contributed by atoms with Crippen molar-refractivity contribution in [1.82, 2.24) is 0 Å². The fourth-order valence-corrected chi connectivity index (χ4v) is 9.58. The Hall–Kier alpha value is -1.10. The van der Waals surface area contributed by atoms with Crippen LogP contribution in [-0.4, -0.2) is 33.7 Å². The highest BCUT2D eigenvalue weighted by molar-refractivity contribution is 5.94. The minimum atomic E-state index is -1.20. The molecule has 5 heteroatoms. The number of aliphatic hydroxyl groups is 1. The first-order valence-corrected chi connectivity index (χ1v) is 14.1. The summed E-state index contributed by atoms with van der Waals surface area (Å²) in [5.41, 5.74) is -0.771. The number of hydrogen-bond acceptors (Lipinski definition) is 5. The molecule has 0 radical (unpaired) electrons. The molecular formula is C29H49NO4. The summed E-state index contributed by atoms with van der Waals surface area (Å²) in [6, 6.07) is 0. The van der Waals surface area contributed by atoms with E-state index in [1.165, 1.54) is 45.4 Å². The SMILES string of the molecule is CC(=O)O[C@H]1C[C@@]2(O)/C(=N/O)CCC[C@]2(C)[C@H]2CC[C@]3(C)[C@@H]([C@H](C)CCCC(C)C)CC[C@H]3[C@H]12. The van der Waals surface area contributed by atoms with Crippen LogP contribution in [0.3, 0.4) is 0 Å². The molecule has 194 valence electrons. The molecule has 0 unspecified atom stereocenters. The van der Waals surface area contributed by atoms with Crippen LogP contribution in [0.15, 0.2) is 5.16 Å². The van der Waals surface area contributed by atoms with Gasteiger partial charge in [-0.15, -0.1) is 0 Å². The summed E-state index contributed by atoms with van der Waals surface area (Å²) in [5.74, 6) is 3.02. The maximum Gasteiger partial charge on any atom is 0.302 e. The van der Waals surface area contributed by atoms with E-state index in [2.05, 4.69) is 39.8 Å². The number of hydrogen-bond donors (Lipinski definition) is 2. The van der Waals surface area contributed by atoms with Gasteiger partial charge in [-0.25, -0.2) is 0 Å². The average molecular weight is 476 g/mol. The van der Waals surface area contributed by atoms with E-state index < -0.39 is 5.60 Å². The molecule has 2 N–H and O–H groups in total. The fourth-order valence-electron chi connectivity index (χ4n) is 9.58. The van der Waals surface area contributed by atoms with Gasteiger partial charge in [0.25, 0.3) is 0 Å². The van der Waals surface area contributed by atoms with E-state index in [1.54, 1.807) is 0 Å². The van der Waals surface area contributed by atoms with Gasteiger partial charge in [-0.05, 0) is 80.0 Å². The van der Waals surface area contributed by atoms with E-state index in [0.29, 0.717) is 24.5 Å². The molecule has 0 spiro atoms. The van der Waals surface area contributed by atoms with E-state index in [1.807, 2.05) is 0 Å². The minimum Gasteiger partial charge on any atom is -0.462 e. The van der Waals surface area contributed by atoms with Gasteiger partial charge in [-0.2, -0.15) is 0 Å². The molecule has 0 heterocycles. The molecule has 34 heavy (non-hydrogen) atoms. The molecule has 0 amide bonds. The lowest BCUT2D eigenvalue weighted by atomic mass is 9.42. The molecule has 0 aromatic heterocycles. The fraction of sp³-hybridized carbons (Fsp3) is 0.931. The molecule has 0 aliphatic heterocycles. The monoisotopic (exact) mass is 475 g/mol. The number of carbonyl (C=O) groups is 1. The molecule has 0 saturated heterocycles. The molecule has 4 fully saturated rings. The quantitative estimate of drug-likeness (QED) is 0.258. The van der Waals surface area contributed by atoms with Crippen LogP contribution in [0.25, 0.3) is 0 Å². The van der Waals surface area contributed by atoms with Gasteiger partial charge >= 0.3 is 5.97 Å². The summed E-state index contributed by atoms with van der Waals surface area (Å²) in [5, 5.41) is 25.4. The first-order chi connectivity index (χ1) is 16.0. The number of rotatable bonds is 6. The molecule has 4 aliphatic rings. The van der Waals surface area contributed by atoms with Crippen LogP contribution in [-0.2, 0) is 9.53 Å². The highest BCUT2D eigenvalue weighted by atomic mass is 16.5. The third kappa shape index (κ3) is 4.02. The Balaban J connectivity index is 1.64. The van der Waals surface area contributed by atoms with Crippen LogP contribution < -0.4 is 0 Å². The van der Waals surface area contributed by atoms with Crippen LogP contribution in [0.2, 0.25) is 0 Å². The Kier molecular flexibility index (Phi) is 7.19. The molecule has 4 aliphatic carbocycles. The van der Waals surface area contributed by atoms with Crippen molar-refractivity contribution in [2.24, 2.45) is 51.5 Å². The smallest absolute Gasteiger partial charge is 0.302 e. The zero-order chi connectivity index (χ0) is 24.9. The van der Waals surface area contributed by atoms with Crippen molar-refractivity contribution in [2.45, 2.75) is 124 Å². The zero-order valence-corrected chi connectivity index (χ0v) is 22.5.